The van der Waals surface area contributed by atoms with Crippen molar-refractivity contribution >= 4 is 0 Å². The highest BCUT2D eigenvalue weighted by molar-refractivity contribution is 5.65. The van der Waals surface area contributed by atoms with Gasteiger partial charge in [0.2, 0.25) is 5.82 Å². The number of hydrogen-bond donors (Lipinski definition) is 0. The third kappa shape index (κ3) is 6.71. The molecule has 2 aromatic carbocycles. The molecule has 190 valence electrons. The summed E-state index contributed by atoms with van der Waals surface area (Å²) in [5, 5.41) is 0. The Kier molecular flexibility index (Phi) is 9.34. The minimum atomic E-state index is -0.925. The fraction of sp³-hybridized carbons (Fsp3) is 0.548. The van der Waals surface area contributed by atoms with Gasteiger partial charge in [-0.1, -0.05) is 49.3 Å². The molecule has 2 saturated carbocycles. The van der Waals surface area contributed by atoms with Crippen molar-refractivity contribution in [3.63, 3.8) is 0 Å². The van der Waals surface area contributed by atoms with Crippen LogP contribution in [-0.4, -0.2) is 13.3 Å². The average Bonchev–Trinajstić information content (AvgIpc) is 2.90. The first-order valence-electron chi connectivity index (χ1n) is 13.5. The molecule has 0 aliphatic heterocycles. The number of ether oxygens (including phenoxy) is 1. The van der Waals surface area contributed by atoms with Crippen LogP contribution in [0.5, 0.6) is 5.75 Å². The Morgan fingerprint density at radius 2 is 1.49 bits per heavy atom. The lowest BCUT2D eigenvalue weighted by molar-refractivity contribution is 0.152. The Balaban J connectivity index is 1.23. The van der Waals surface area contributed by atoms with Gasteiger partial charge in [-0.2, -0.15) is 4.39 Å². The van der Waals surface area contributed by atoms with Gasteiger partial charge in [-0.3, -0.25) is 0 Å². The third-order valence-electron chi connectivity index (χ3n) is 8.32. The summed E-state index contributed by atoms with van der Waals surface area (Å²) in [5.41, 5.74) is 2.20. The van der Waals surface area contributed by atoms with Gasteiger partial charge in [0.25, 0.3) is 0 Å². The Labute approximate surface area is 208 Å². The van der Waals surface area contributed by atoms with Gasteiger partial charge in [0.1, 0.15) is 6.67 Å². The van der Waals surface area contributed by atoms with E-state index in [0.29, 0.717) is 18.1 Å². The predicted octanol–water partition coefficient (Wildman–Crippen LogP) is 9.10. The van der Waals surface area contributed by atoms with Crippen molar-refractivity contribution in [2.75, 3.05) is 13.3 Å². The molecule has 0 spiro atoms. The van der Waals surface area contributed by atoms with Crippen LogP contribution in [0.2, 0.25) is 0 Å². The molecule has 0 saturated heterocycles. The van der Waals surface area contributed by atoms with Crippen molar-refractivity contribution in [2.45, 2.75) is 71.1 Å². The monoisotopic (exact) mass is 484 g/mol. The fourth-order valence-electron chi connectivity index (χ4n) is 6.24. The van der Waals surface area contributed by atoms with E-state index in [4.69, 9.17) is 4.74 Å². The van der Waals surface area contributed by atoms with E-state index >= 15 is 0 Å². The molecular formula is C31H39F3O. The smallest absolute Gasteiger partial charge is 0.201 e. The second kappa shape index (κ2) is 12.6. The SMILES string of the molecule is CCOc1ccc(-c2ccc(CCC3CCC(C4CCC(C=CCF)CC4)CC3)cc2)c(F)c1F. The zero-order chi connectivity index (χ0) is 24.6. The summed E-state index contributed by atoms with van der Waals surface area (Å²) >= 11 is 0. The highest BCUT2D eigenvalue weighted by atomic mass is 19.2. The fourth-order valence-corrected chi connectivity index (χ4v) is 6.24. The topological polar surface area (TPSA) is 9.23 Å². The molecule has 0 N–H and O–H groups in total. The molecule has 0 atom stereocenters. The largest absolute Gasteiger partial charge is 0.491 e. The molecule has 1 nitrogen and oxygen atoms in total. The number of aryl methyl sites for hydroxylation is 1. The molecule has 2 aliphatic rings. The van der Waals surface area contributed by atoms with E-state index in [-0.39, 0.29) is 18.0 Å². The lowest BCUT2D eigenvalue weighted by Crippen LogP contribution is -2.25. The van der Waals surface area contributed by atoms with Crippen LogP contribution in [-0.2, 0) is 6.42 Å². The van der Waals surface area contributed by atoms with Gasteiger partial charge in [-0.05, 0) is 105 Å². The van der Waals surface area contributed by atoms with Crippen molar-refractivity contribution in [1.29, 1.82) is 0 Å². The zero-order valence-corrected chi connectivity index (χ0v) is 21.0. The normalized spacial score (nSPS) is 25.1. The molecule has 35 heavy (non-hydrogen) atoms. The van der Waals surface area contributed by atoms with Crippen molar-refractivity contribution in [2.24, 2.45) is 23.7 Å². The van der Waals surface area contributed by atoms with Crippen LogP contribution in [0.1, 0.15) is 70.3 Å². The van der Waals surface area contributed by atoms with Crippen LogP contribution in [0.25, 0.3) is 11.1 Å². The number of allylic oxidation sites excluding steroid dienone is 2. The van der Waals surface area contributed by atoms with E-state index < -0.39 is 11.6 Å². The standard InChI is InChI=1S/C31H39F3O/c1-2-35-29-20-19-28(30(33)31(29)34)27-17-11-24(12-18-27)6-5-23-9-15-26(16-10-23)25-13-7-22(8-14-25)4-3-21-32/h3-4,11-12,17-20,22-23,25-26H,2,5-10,13-16,21H2,1H3. The average molecular weight is 485 g/mol. The quantitative estimate of drug-likeness (QED) is 0.323. The van der Waals surface area contributed by atoms with Crippen molar-refractivity contribution in [3.05, 3.63) is 65.7 Å². The molecule has 4 heteroatoms. The predicted molar refractivity (Wildman–Crippen MR) is 137 cm³/mol. The van der Waals surface area contributed by atoms with Gasteiger partial charge in [0.15, 0.2) is 11.6 Å². The van der Waals surface area contributed by atoms with Crippen LogP contribution in [0.15, 0.2) is 48.6 Å². The number of hydrogen-bond acceptors (Lipinski definition) is 1. The molecule has 2 aromatic rings. The highest BCUT2D eigenvalue weighted by Crippen LogP contribution is 2.42. The molecule has 2 fully saturated rings. The van der Waals surface area contributed by atoms with E-state index in [1.54, 1.807) is 19.1 Å². The van der Waals surface area contributed by atoms with E-state index in [9.17, 15) is 13.2 Å². The summed E-state index contributed by atoms with van der Waals surface area (Å²) in [7, 11) is 0. The Morgan fingerprint density at radius 3 is 2.11 bits per heavy atom. The molecule has 0 aromatic heterocycles. The maximum atomic E-state index is 14.5. The molecule has 0 amide bonds. The molecule has 4 rings (SSSR count). The second-order valence-corrected chi connectivity index (χ2v) is 10.4. The van der Waals surface area contributed by atoms with Gasteiger partial charge < -0.3 is 4.74 Å². The van der Waals surface area contributed by atoms with Gasteiger partial charge in [-0.25, -0.2) is 8.78 Å². The Hall–Kier alpha value is -2.23. The maximum Gasteiger partial charge on any atom is 0.201 e. The van der Waals surface area contributed by atoms with Crippen molar-refractivity contribution in [1.82, 2.24) is 0 Å². The number of halogens is 3. The summed E-state index contributed by atoms with van der Waals surface area (Å²) in [5.74, 6) is 1.30. The van der Waals surface area contributed by atoms with Crippen LogP contribution in [0.3, 0.4) is 0 Å². The van der Waals surface area contributed by atoms with E-state index in [0.717, 1.165) is 24.2 Å². The number of rotatable bonds is 9. The van der Waals surface area contributed by atoms with Crippen molar-refractivity contribution in [3.8, 4) is 16.9 Å². The highest BCUT2D eigenvalue weighted by Gasteiger charge is 2.30. The van der Waals surface area contributed by atoms with Crippen molar-refractivity contribution < 1.29 is 17.9 Å². The van der Waals surface area contributed by atoms with Gasteiger partial charge >= 0.3 is 0 Å². The first-order valence-corrected chi connectivity index (χ1v) is 13.5. The molecule has 0 radical (unpaired) electrons. The summed E-state index contributed by atoms with van der Waals surface area (Å²) in [4.78, 5) is 0. The summed E-state index contributed by atoms with van der Waals surface area (Å²) < 4.78 is 46.3. The first-order chi connectivity index (χ1) is 17.1. The minimum absolute atomic E-state index is 0.0430. The number of alkyl halides is 1. The lowest BCUT2D eigenvalue weighted by atomic mass is 9.68. The number of benzene rings is 2. The summed E-state index contributed by atoms with van der Waals surface area (Å²) in [6, 6.07) is 11.0. The van der Waals surface area contributed by atoms with Crippen LogP contribution in [0.4, 0.5) is 13.2 Å². The Bertz CT molecular complexity index is 952. The summed E-state index contributed by atoms with van der Waals surface area (Å²) in [6.45, 7) is 1.71. The van der Waals surface area contributed by atoms with E-state index in [2.05, 4.69) is 6.08 Å². The van der Waals surface area contributed by atoms with E-state index in [1.807, 2.05) is 24.3 Å². The molecule has 2 aliphatic carbocycles. The summed E-state index contributed by atoms with van der Waals surface area (Å²) in [6.07, 6.45) is 16.4. The van der Waals surface area contributed by atoms with Gasteiger partial charge in [0, 0.05) is 5.56 Å². The molecule has 0 unspecified atom stereocenters. The lowest BCUT2D eigenvalue weighted by Gasteiger charge is -2.37. The molecular weight excluding hydrogens is 445 g/mol. The second-order valence-electron chi connectivity index (χ2n) is 10.4. The molecule has 0 heterocycles. The molecule has 0 bridgehead atoms. The maximum absolute atomic E-state index is 14.5. The van der Waals surface area contributed by atoms with Crippen LogP contribution >= 0.6 is 0 Å². The van der Waals surface area contributed by atoms with Crippen LogP contribution < -0.4 is 4.74 Å². The zero-order valence-electron chi connectivity index (χ0n) is 21.0. The van der Waals surface area contributed by atoms with Gasteiger partial charge in [0.05, 0.1) is 6.61 Å². The Morgan fingerprint density at radius 1 is 0.829 bits per heavy atom. The van der Waals surface area contributed by atoms with E-state index in [1.165, 1.54) is 69.4 Å². The minimum Gasteiger partial charge on any atom is -0.491 e. The van der Waals surface area contributed by atoms with Crippen LogP contribution in [0, 0.1) is 35.3 Å². The van der Waals surface area contributed by atoms with Gasteiger partial charge in [-0.15, -0.1) is 0 Å². The first kappa shape index (κ1) is 25.9. The third-order valence-corrected chi connectivity index (χ3v) is 8.32.